The van der Waals surface area contributed by atoms with Gasteiger partial charge in [0, 0.05) is 5.69 Å². The van der Waals surface area contributed by atoms with Gasteiger partial charge in [-0.15, -0.1) is 0 Å². The van der Waals surface area contributed by atoms with E-state index in [0.29, 0.717) is 33.3 Å². The first kappa shape index (κ1) is 24.7. The molecule has 0 aliphatic rings. The van der Waals surface area contributed by atoms with Gasteiger partial charge in [0.1, 0.15) is 0 Å². The molecule has 2 atom stereocenters. The number of aromatic amines is 1. The molecule has 2 unspecified atom stereocenters. The van der Waals surface area contributed by atoms with Crippen LogP contribution in [-0.4, -0.2) is 49.6 Å². The summed E-state index contributed by atoms with van der Waals surface area (Å²) >= 11 is 0. The van der Waals surface area contributed by atoms with E-state index in [4.69, 9.17) is 10.5 Å². The number of aliphatic hydroxyl groups is 1. The van der Waals surface area contributed by atoms with Gasteiger partial charge in [-0.25, -0.2) is 15.0 Å². The van der Waals surface area contributed by atoms with Crippen LogP contribution >= 0.6 is 0 Å². The van der Waals surface area contributed by atoms with Gasteiger partial charge in [0.25, 0.3) is 11.8 Å². The first-order valence-electron chi connectivity index (χ1n) is 11.9. The molecule has 2 heterocycles. The van der Waals surface area contributed by atoms with Crippen LogP contribution in [0.15, 0.2) is 72.8 Å². The molecule has 0 bridgehead atoms. The van der Waals surface area contributed by atoms with E-state index < -0.39 is 24.0 Å². The first-order valence-corrected chi connectivity index (χ1v) is 11.9. The molecule has 0 fully saturated rings. The van der Waals surface area contributed by atoms with Crippen LogP contribution in [0, 0.1) is 0 Å². The monoisotopic (exact) mass is 511 g/mol. The van der Waals surface area contributed by atoms with Crippen molar-refractivity contribution in [3.8, 4) is 5.88 Å². The third-order valence-electron chi connectivity index (χ3n) is 5.83. The number of ether oxygens (including phenoxy) is 1. The Morgan fingerprint density at radius 2 is 1.68 bits per heavy atom. The van der Waals surface area contributed by atoms with Crippen LogP contribution in [0.1, 0.15) is 29.0 Å². The molecule has 11 heteroatoms. The first-order chi connectivity index (χ1) is 18.4. The number of aromatic nitrogens is 4. The average molecular weight is 512 g/mol. The second kappa shape index (κ2) is 10.5. The lowest BCUT2D eigenvalue weighted by Crippen LogP contribution is -2.43. The summed E-state index contributed by atoms with van der Waals surface area (Å²) in [5, 5.41) is 16.5. The van der Waals surface area contributed by atoms with E-state index in [9.17, 15) is 14.7 Å². The zero-order chi connectivity index (χ0) is 26.6. The highest BCUT2D eigenvalue weighted by molar-refractivity contribution is 5.99. The maximum atomic E-state index is 13.4. The Balaban J connectivity index is 1.43. The summed E-state index contributed by atoms with van der Waals surface area (Å²) < 4.78 is 5.58. The summed E-state index contributed by atoms with van der Waals surface area (Å²) in [6.07, 6.45) is -1.65. The number of H-pyrrole nitrogens is 1. The number of benzene rings is 3. The molecule has 2 amide bonds. The Kier molecular flexibility index (Phi) is 6.83. The topological polar surface area (TPSA) is 168 Å². The minimum atomic E-state index is -1.65. The van der Waals surface area contributed by atoms with Crippen LogP contribution in [0.25, 0.3) is 22.1 Å². The van der Waals surface area contributed by atoms with Crippen LogP contribution in [0.3, 0.4) is 0 Å². The molecule has 0 radical (unpaired) electrons. The normalized spacial score (nSPS) is 12.7. The smallest absolute Gasteiger partial charge is 0.276 e. The minimum absolute atomic E-state index is 0.0543. The Hall–Kier alpha value is -5.03. The summed E-state index contributed by atoms with van der Waals surface area (Å²) in [5.41, 5.74) is 8.92. The van der Waals surface area contributed by atoms with E-state index in [1.807, 2.05) is 6.07 Å². The van der Waals surface area contributed by atoms with Gasteiger partial charge in [-0.3, -0.25) is 9.59 Å². The Bertz CT molecular complexity index is 1620. The van der Waals surface area contributed by atoms with Gasteiger partial charge < -0.3 is 31.2 Å². The van der Waals surface area contributed by atoms with Crippen LogP contribution in [-0.2, 0) is 4.79 Å². The van der Waals surface area contributed by atoms with Crippen molar-refractivity contribution in [2.75, 3.05) is 17.7 Å². The van der Waals surface area contributed by atoms with Crippen LogP contribution in [0.5, 0.6) is 5.88 Å². The lowest BCUT2D eigenvalue weighted by Gasteiger charge is -2.24. The molecule has 192 valence electrons. The minimum Gasteiger partial charge on any atom is -0.476 e. The number of nitrogen functional groups attached to an aromatic ring is 1. The van der Waals surface area contributed by atoms with Crippen molar-refractivity contribution in [1.29, 1.82) is 0 Å². The summed E-state index contributed by atoms with van der Waals surface area (Å²) in [5.74, 6) is -1.07. The summed E-state index contributed by atoms with van der Waals surface area (Å²) in [7, 11) is 0. The van der Waals surface area contributed by atoms with Gasteiger partial charge in [-0.05, 0) is 42.8 Å². The molecule has 38 heavy (non-hydrogen) atoms. The second-order valence-electron chi connectivity index (χ2n) is 8.45. The number of nitrogens with one attached hydrogen (secondary N) is 3. The standard InChI is InChI=1S/C27H25N7O4/c1-2-38-26-22(30-17-10-6-7-11-18(17)31-26)24(36)34-21(15-8-4-3-5-9-15)23(35)25(37)29-16-12-13-19-20(14-16)33-27(28)32-19/h3-14,21,23,35H,2H2,1H3,(H,29,37)(H,34,36)(H3,28,32,33). The predicted octanol–water partition coefficient (Wildman–Crippen LogP) is 2.96. The highest BCUT2D eigenvalue weighted by Crippen LogP contribution is 2.24. The fourth-order valence-electron chi connectivity index (χ4n) is 4.06. The van der Waals surface area contributed by atoms with Gasteiger partial charge in [0.15, 0.2) is 17.7 Å². The van der Waals surface area contributed by atoms with Gasteiger partial charge in [0.05, 0.1) is 34.7 Å². The van der Waals surface area contributed by atoms with Crippen molar-refractivity contribution in [3.63, 3.8) is 0 Å². The van der Waals surface area contributed by atoms with E-state index >= 15 is 0 Å². The number of anilines is 2. The number of aliphatic hydroxyl groups excluding tert-OH is 1. The molecule has 5 rings (SSSR count). The van der Waals surface area contributed by atoms with Crippen LogP contribution in [0.4, 0.5) is 11.6 Å². The number of nitrogens with zero attached hydrogens (tertiary/aromatic N) is 3. The van der Waals surface area contributed by atoms with Crippen molar-refractivity contribution in [2.24, 2.45) is 0 Å². The Labute approximate surface area is 217 Å². The largest absolute Gasteiger partial charge is 0.476 e. The van der Waals surface area contributed by atoms with Crippen LogP contribution in [0.2, 0.25) is 0 Å². The van der Waals surface area contributed by atoms with Gasteiger partial charge >= 0.3 is 0 Å². The van der Waals surface area contributed by atoms with Gasteiger partial charge in [-0.1, -0.05) is 42.5 Å². The molecule has 0 aliphatic carbocycles. The molecule has 0 saturated carbocycles. The highest BCUT2D eigenvalue weighted by atomic mass is 16.5. The lowest BCUT2D eigenvalue weighted by atomic mass is 10.00. The fraction of sp³-hybridized carbons (Fsp3) is 0.148. The number of carbonyl (C=O) groups excluding carboxylic acids is 2. The van der Waals surface area contributed by atoms with Crippen molar-refractivity contribution in [2.45, 2.75) is 19.1 Å². The van der Waals surface area contributed by atoms with Gasteiger partial charge in [-0.2, -0.15) is 0 Å². The molecule has 11 nitrogen and oxygen atoms in total. The fourth-order valence-corrected chi connectivity index (χ4v) is 4.06. The number of fused-ring (bicyclic) bond motifs is 2. The Morgan fingerprint density at radius 3 is 2.42 bits per heavy atom. The molecular weight excluding hydrogens is 486 g/mol. The number of amides is 2. The van der Waals surface area contributed by atoms with Crippen molar-refractivity contribution < 1.29 is 19.4 Å². The summed E-state index contributed by atoms with van der Waals surface area (Å²) in [6.45, 7) is 2.04. The molecule has 0 saturated heterocycles. The molecular formula is C27H25N7O4. The van der Waals surface area contributed by atoms with Crippen molar-refractivity contribution >= 4 is 45.5 Å². The molecule has 2 aromatic heterocycles. The van der Waals surface area contributed by atoms with E-state index in [2.05, 4.69) is 30.6 Å². The molecule has 0 aliphatic heterocycles. The number of nitrogens with two attached hydrogens (primary N) is 1. The molecule has 6 N–H and O–H groups in total. The molecule has 5 aromatic rings. The number of imidazole rings is 1. The molecule has 0 spiro atoms. The summed E-state index contributed by atoms with van der Waals surface area (Å²) in [6, 6.07) is 19.7. The number of carbonyl (C=O) groups is 2. The van der Waals surface area contributed by atoms with Gasteiger partial charge in [0.2, 0.25) is 5.88 Å². The average Bonchev–Trinajstić information content (AvgIpc) is 3.30. The van der Waals surface area contributed by atoms with E-state index in [1.165, 1.54) is 0 Å². The zero-order valence-corrected chi connectivity index (χ0v) is 20.4. The predicted molar refractivity (Wildman–Crippen MR) is 142 cm³/mol. The van der Waals surface area contributed by atoms with E-state index in [1.54, 1.807) is 73.7 Å². The third-order valence-corrected chi connectivity index (χ3v) is 5.83. The Morgan fingerprint density at radius 1 is 0.974 bits per heavy atom. The second-order valence-corrected chi connectivity index (χ2v) is 8.45. The zero-order valence-electron chi connectivity index (χ0n) is 20.4. The van der Waals surface area contributed by atoms with Crippen molar-refractivity contribution in [3.05, 3.63) is 84.1 Å². The molecule has 3 aromatic carbocycles. The number of rotatable bonds is 8. The summed E-state index contributed by atoms with van der Waals surface area (Å²) in [4.78, 5) is 42.4. The number of hydrogen-bond donors (Lipinski definition) is 5. The quantitative estimate of drug-likeness (QED) is 0.212. The number of para-hydroxylation sites is 2. The SMILES string of the molecule is CCOc1nc2ccccc2nc1C(=O)NC(c1ccccc1)C(O)C(=O)Nc1ccc2nc(N)[nH]c2c1. The van der Waals surface area contributed by atoms with Crippen LogP contribution < -0.4 is 21.1 Å². The van der Waals surface area contributed by atoms with E-state index in [0.717, 1.165) is 0 Å². The number of hydrogen-bond acceptors (Lipinski definition) is 8. The third kappa shape index (κ3) is 5.08. The lowest BCUT2D eigenvalue weighted by molar-refractivity contribution is -0.125. The maximum absolute atomic E-state index is 13.4. The van der Waals surface area contributed by atoms with Crippen molar-refractivity contribution in [1.82, 2.24) is 25.3 Å². The maximum Gasteiger partial charge on any atom is 0.276 e. The highest BCUT2D eigenvalue weighted by Gasteiger charge is 2.31. The van der Waals surface area contributed by atoms with E-state index in [-0.39, 0.29) is 24.1 Å².